The number of Topliss-reactive ketones (excluding diaryl/α,β-unsaturated/α-hetero) is 1. The zero-order valence-electron chi connectivity index (χ0n) is 19.7. The van der Waals surface area contributed by atoms with Crippen molar-refractivity contribution < 1.29 is 24.2 Å². The summed E-state index contributed by atoms with van der Waals surface area (Å²) in [6.07, 6.45) is 8.55. The Morgan fingerprint density at radius 1 is 1.24 bits per heavy atom. The van der Waals surface area contributed by atoms with Gasteiger partial charge in [0.2, 0.25) is 0 Å². The Hall–Kier alpha value is -1.61. The van der Waals surface area contributed by atoms with Crippen LogP contribution in [0, 0.1) is 11.8 Å². The van der Waals surface area contributed by atoms with Crippen LogP contribution < -0.4 is 10.6 Å². The summed E-state index contributed by atoms with van der Waals surface area (Å²) in [5.74, 6) is 2.26. The van der Waals surface area contributed by atoms with Gasteiger partial charge in [-0.15, -0.1) is 23.5 Å². The lowest BCUT2D eigenvalue weighted by Crippen LogP contribution is -2.34. The third-order valence-corrected chi connectivity index (χ3v) is 9.18. The largest absolute Gasteiger partial charge is 0.507 e. The molecule has 2 aliphatic heterocycles. The molecule has 0 aromatic carbocycles. The lowest BCUT2D eigenvalue weighted by atomic mass is 9.92. The van der Waals surface area contributed by atoms with Crippen LogP contribution in [0.1, 0.15) is 59.3 Å². The molecule has 0 aromatic rings. The standard InChI is InChI=1S/C24H36N2O5S2/c1-24(2,3)31-23(30)25-11-5-8-17-21(28)20(22(29)26-17)18(27)10-9-15-6-4-7-16(15)14-19-32-12-13-33-19/h9-10,15-17,19,27H,4-8,11-14H2,1-3H3,(H,25,30)(H,26,29). The van der Waals surface area contributed by atoms with Crippen molar-refractivity contribution in [3.05, 3.63) is 23.5 Å². The number of ketones is 1. The molecule has 1 saturated carbocycles. The first-order chi connectivity index (χ1) is 15.6. The number of allylic oxidation sites excluding steroid dienone is 2. The molecule has 2 saturated heterocycles. The highest BCUT2D eigenvalue weighted by atomic mass is 32.2. The number of alkyl carbamates (subject to hydrolysis) is 1. The molecule has 3 N–H and O–H groups in total. The summed E-state index contributed by atoms with van der Waals surface area (Å²) >= 11 is 4.08. The molecule has 3 atom stereocenters. The molecule has 2 heterocycles. The van der Waals surface area contributed by atoms with E-state index in [2.05, 4.69) is 10.6 Å². The third kappa shape index (κ3) is 7.70. The van der Waals surface area contributed by atoms with Crippen molar-refractivity contribution in [3.63, 3.8) is 0 Å². The van der Waals surface area contributed by atoms with Crippen LogP contribution in [0.2, 0.25) is 0 Å². The molecule has 0 radical (unpaired) electrons. The van der Waals surface area contributed by atoms with E-state index in [4.69, 9.17) is 4.74 Å². The molecule has 1 aliphatic carbocycles. The van der Waals surface area contributed by atoms with Crippen molar-refractivity contribution in [2.45, 2.75) is 75.5 Å². The Labute approximate surface area is 204 Å². The first kappa shape index (κ1) is 26.0. The summed E-state index contributed by atoms with van der Waals surface area (Å²) in [5, 5.41) is 15.8. The van der Waals surface area contributed by atoms with Crippen LogP contribution in [-0.2, 0) is 14.3 Å². The smallest absolute Gasteiger partial charge is 0.407 e. The fourth-order valence-electron chi connectivity index (χ4n) is 4.54. The van der Waals surface area contributed by atoms with Gasteiger partial charge >= 0.3 is 6.09 Å². The van der Waals surface area contributed by atoms with E-state index in [-0.39, 0.29) is 17.1 Å². The molecule has 7 nitrogen and oxygen atoms in total. The lowest BCUT2D eigenvalue weighted by molar-refractivity contribution is -0.117. The molecule has 0 bridgehead atoms. The number of carbonyl (C=O) groups is 3. The maximum Gasteiger partial charge on any atom is 0.407 e. The highest BCUT2D eigenvalue weighted by Crippen LogP contribution is 2.43. The fourth-order valence-corrected chi connectivity index (χ4v) is 7.56. The molecule has 0 spiro atoms. The first-order valence-corrected chi connectivity index (χ1v) is 13.9. The Kier molecular flexibility index (Phi) is 9.21. The molecule has 33 heavy (non-hydrogen) atoms. The molecule has 2 amide bonds. The van der Waals surface area contributed by atoms with Crippen LogP contribution >= 0.6 is 23.5 Å². The highest BCUT2D eigenvalue weighted by Gasteiger charge is 2.38. The first-order valence-electron chi connectivity index (χ1n) is 11.8. The maximum absolute atomic E-state index is 12.7. The van der Waals surface area contributed by atoms with Crippen molar-refractivity contribution in [3.8, 4) is 0 Å². The molecule has 9 heteroatoms. The number of carbonyl (C=O) groups excluding carboxylic acids is 3. The van der Waals surface area contributed by atoms with Gasteiger partial charge < -0.3 is 20.5 Å². The number of ether oxygens (including phenoxy) is 1. The zero-order chi connectivity index (χ0) is 24.0. The van der Waals surface area contributed by atoms with E-state index in [0.717, 1.165) is 6.42 Å². The van der Waals surface area contributed by atoms with Crippen molar-refractivity contribution in [1.82, 2.24) is 10.6 Å². The van der Waals surface area contributed by atoms with Crippen LogP contribution in [0.5, 0.6) is 0 Å². The van der Waals surface area contributed by atoms with Gasteiger partial charge in [0.15, 0.2) is 5.78 Å². The van der Waals surface area contributed by atoms with E-state index >= 15 is 0 Å². The quantitative estimate of drug-likeness (QED) is 0.199. The molecule has 3 fully saturated rings. The Morgan fingerprint density at radius 2 is 1.97 bits per heavy atom. The number of aliphatic hydroxyl groups is 1. The maximum atomic E-state index is 12.7. The van der Waals surface area contributed by atoms with Gasteiger partial charge in [0.05, 0.1) is 10.6 Å². The van der Waals surface area contributed by atoms with E-state index in [1.807, 2.05) is 29.6 Å². The van der Waals surface area contributed by atoms with Crippen molar-refractivity contribution in [1.29, 1.82) is 0 Å². The van der Waals surface area contributed by atoms with Gasteiger partial charge in [-0.3, -0.25) is 9.59 Å². The fraction of sp³-hybridized carbons (Fsp3) is 0.708. The molecule has 184 valence electrons. The van der Waals surface area contributed by atoms with Gasteiger partial charge in [-0.05, 0) is 70.8 Å². The SMILES string of the molecule is CC(C)(C)OC(=O)NCCCC1NC(=O)C(=C(O)C=CC2CCCC2CC2SCCS2)C1=O. The summed E-state index contributed by atoms with van der Waals surface area (Å²) in [6, 6.07) is -0.681. The Bertz CT molecular complexity index is 799. The number of aliphatic hydroxyl groups excluding tert-OH is 1. The minimum Gasteiger partial charge on any atom is -0.507 e. The second-order valence-corrected chi connectivity index (χ2v) is 12.8. The van der Waals surface area contributed by atoms with Crippen LogP contribution in [0.25, 0.3) is 0 Å². The van der Waals surface area contributed by atoms with E-state index in [0.29, 0.717) is 35.8 Å². The summed E-state index contributed by atoms with van der Waals surface area (Å²) < 4.78 is 5.84. The normalized spacial score (nSPS) is 27.9. The van der Waals surface area contributed by atoms with Crippen LogP contribution in [0.3, 0.4) is 0 Å². The van der Waals surface area contributed by atoms with Crippen LogP contribution in [0.4, 0.5) is 4.79 Å². The van der Waals surface area contributed by atoms with E-state index in [9.17, 15) is 19.5 Å². The second kappa shape index (κ2) is 11.7. The van der Waals surface area contributed by atoms with Crippen molar-refractivity contribution in [2.75, 3.05) is 18.1 Å². The average Bonchev–Trinajstić information content (AvgIpc) is 3.45. The Morgan fingerprint density at radius 3 is 2.67 bits per heavy atom. The molecular weight excluding hydrogens is 460 g/mol. The van der Waals surface area contributed by atoms with Crippen LogP contribution in [0.15, 0.2) is 23.5 Å². The van der Waals surface area contributed by atoms with Gasteiger partial charge in [0.25, 0.3) is 5.91 Å². The van der Waals surface area contributed by atoms with Crippen LogP contribution in [-0.4, -0.2) is 57.2 Å². The summed E-state index contributed by atoms with van der Waals surface area (Å²) in [6.45, 7) is 5.69. The highest BCUT2D eigenvalue weighted by molar-refractivity contribution is 8.20. The minimum absolute atomic E-state index is 0.159. The third-order valence-electron chi connectivity index (χ3n) is 6.09. The predicted molar refractivity (Wildman–Crippen MR) is 133 cm³/mol. The number of hydrogen-bond acceptors (Lipinski definition) is 7. The van der Waals surface area contributed by atoms with Crippen molar-refractivity contribution >= 4 is 41.3 Å². The van der Waals surface area contributed by atoms with Gasteiger partial charge in [0, 0.05) is 18.1 Å². The summed E-state index contributed by atoms with van der Waals surface area (Å²) in [4.78, 5) is 36.7. The number of hydrogen-bond donors (Lipinski definition) is 3. The molecule has 0 aromatic heterocycles. The van der Waals surface area contributed by atoms with Gasteiger partial charge in [-0.1, -0.05) is 12.5 Å². The predicted octanol–water partition coefficient (Wildman–Crippen LogP) is 4.34. The summed E-state index contributed by atoms with van der Waals surface area (Å²) in [7, 11) is 0. The van der Waals surface area contributed by atoms with E-state index in [1.165, 1.54) is 30.8 Å². The number of amides is 2. The Balaban J connectivity index is 1.49. The zero-order valence-corrected chi connectivity index (χ0v) is 21.4. The van der Waals surface area contributed by atoms with Gasteiger partial charge in [-0.25, -0.2) is 4.79 Å². The molecular formula is C24H36N2O5S2. The molecule has 3 unspecified atom stereocenters. The number of thioether (sulfide) groups is 2. The number of nitrogens with one attached hydrogen (secondary N) is 2. The molecule has 3 rings (SSSR count). The minimum atomic E-state index is -0.681. The van der Waals surface area contributed by atoms with Crippen molar-refractivity contribution in [2.24, 2.45) is 11.8 Å². The van der Waals surface area contributed by atoms with E-state index in [1.54, 1.807) is 26.8 Å². The average molecular weight is 497 g/mol. The number of rotatable bonds is 8. The van der Waals surface area contributed by atoms with E-state index < -0.39 is 23.6 Å². The topological polar surface area (TPSA) is 105 Å². The lowest BCUT2D eigenvalue weighted by Gasteiger charge is -2.19. The van der Waals surface area contributed by atoms with Gasteiger partial charge in [0.1, 0.15) is 16.9 Å². The van der Waals surface area contributed by atoms with Gasteiger partial charge in [-0.2, -0.15) is 0 Å². The second-order valence-electron chi connectivity index (χ2n) is 9.84. The molecule has 3 aliphatic rings. The summed E-state index contributed by atoms with van der Waals surface area (Å²) in [5.41, 5.74) is -0.732. The monoisotopic (exact) mass is 496 g/mol.